The molecule has 1 aliphatic rings. The second-order valence-electron chi connectivity index (χ2n) is 8.04. The van der Waals surface area contributed by atoms with Crippen LogP contribution in [0.4, 0.5) is 0 Å². The summed E-state index contributed by atoms with van der Waals surface area (Å²) in [6.45, 7) is 0. The van der Waals surface area contributed by atoms with E-state index in [-0.39, 0.29) is 11.1 Å². The van der Waals surface area contributed by atoms with Crippen LogP contribution in [0.5, 0.6) is 0 Å². The number of aromatic nitrogens is 4. The van der Waals surface area contributed by atoms with Gasteiger partial charge in [0.15, 0.2) is 0 Å². The van der Waals surface area contributed by atoms with Crippen LogP contribution < -0.4 is 11.1 Å². The highest BCUT2D eigenvalue weighted by Crippen LogP contribution is 2.44. The summed E-state index contributed by atoms with van der Waals surface area (Å²) in [4.78, 5) is 24.5. The molecule has 1 saturated carbocycles. The van der Waals surface area contributed by atoms with Gasteiger partial charge in [0.2, 0.25) is 0 Å². The second-order valence-corrected chi connectivity index (χ2v) is 8.42. The van der Waals surface area contributed by atoms with E-state index in [1.165, 1.54) is 27.5 Å². The topological polar surface area (TPSA) is 61.8 Å². The zero-order chi connectivity index (χ0) is 21.7. The fourth-order valence-electron chi connectivity index (χ4n) is 3.83. The van der Waals surface area contributed by atoms with Crippen LogP contribution in [0.3, 0.4) is 0 Å². The van der Waals surface area contributed by atoms with Gasteiger partial charge in [0, 0.05) is 55.9 Å². The van der Waals surface area contributed by atoms with Gasteiger partial charge in [0.05, 0.1) is 16.9 Å². The number of benzene rings is 1. The normalized spacial score (nSPS) is 13.5. The summed E-state index contributed by atoms with van der Waals surface area (Å²) >= 11 is 6.70. The molecule has 5 rings (SSSR count). The summed E-state index contributed by atoms with van der Waals surface area (Å²) < 4.78 is 4.79. The fraction of sp³-hybridized carbons (Fsp3) is 0.208. The number of hydrogen-bond donors (Lipinski definition) is 0. The van der Waals surface area contributed by atoms with Crippen LogP contribution in [0.1, 0.15) is 24.3 Å². The molecule has 3 heterocycles. The predicted molar refractivity (Wildman–Crippen MR) is 122 cm³/mol. The van der Waals surface area contributed by atoms with Crippen molar-refractivity contribution in [3.8, 4) is 27.9 Å². The van der Waals surface area contributed by atoms with Crippen LogP contribution in [0.25, 0.3) is 27.9 Å². The van der Waals surface area contributed by atoms with Gasteiger partial charge in [0.25, 0.3) is 11.1 Å². The third kappa shape index (κ3) is 3.53. The predicted octanol–water partition coefficient (Wildman–Crippen LogP) is 4.13. The quantitative estimate of drug-likeness (QED) is 0.487. The van der Waals surface area contributed by atoms with Crippen LogP contribution in [-0.2, 0) is 14.1 Å². The van der Waals surface area contributed by atoms with Gasteiger partial charge >= 0.3 is 0 Å². The van der Waals surface area contributed by atoms with Crippen molar-refractivity contribution < 1.29 is 0 Å². The summed E-state index contributed by atoms with van der Waals surface area (Å²) in [5.41, 5.74) is 4.75. The maximum absolute atomic E-state index is 12.4. The Kier molecular flexibility index (Phi) is 4.67. The van der Waals surface area contributed by atoms with Crippen molar-refractivity contribution in [2.75, 3.05) is 0 Å². The van der Waals surface area contributed by atoms with Gasteiger partial charge in [-0.15, -0.1) is 0 Å². The van der Waals surface area contributed by atoms with Gasteiger partial charge in [0.1, 0.15) is 0 Å². The molecule has 31 heavy (non-hydrogen) atoms. The molecule has 0 N–H and O–H groups in total. The Morgan fingerprint density at radius 1 is 0.935 bits per heavy atom. The number of pyridine rings is 2. The van der Waals surface area contributed by atoms with E-state index in [9.17, 15) is 9.59 Å². The van der Waals surface area contributed by atoms with Crippen molar-refractivity contribution in [3.05, 3.63) is 92.5 Å². The zero-order valence-electron chi connectivity index (χ0n) is 17.2. The standard InChI is InChI=1S/C24H21ClN4O2/c1-27-9-8-16(10-22(27)30)19-11-23(31)28(2)14-20(19)17-12-26-29(13-17)21-5-3-4-18(24(21)25)15-6-7-15/h3-5,8-15H,6-7H2,1-2H3. The molecular formula is C24H21ClN4O2. The van der Waals surface area contributed by atoms with Crippen LogP contribution >= 0.6 is 11.6 Å². The molecule has 0 aliphatic heterocycles. The van der Waals surface area contributed by atoms with Gasteiger partial charge in [-0.25, -0.2) is 4.68 Å². The van der Waals surface area contributed by atoms with Crippen molar-refractivity contribution in [1.29, 1.82) is 0 Å². The van der Waals surface area contributed by atoms with Crippen LogP contribution in [0.2, 0.25) is 5.02 Å². The maximum atomic E-state index is 12.4. The highest BCUT2D eigenvalue weighted by atomic mass is 35.5. The first-order chi connectivity index (χ1) is 14.9. The van der Waals surface area contributed by atoms with Gasteiger partial charge in [-0.3, -0.25) is 9.59 Å². The summed E-state index contributed by atoms with van der Waals surface area (Å²) in [7, 11) is 3.40. The Labute approximate surface area is 184 Å². The lowest BCUT2D eigenvalue weighted by atomic mass is 9.99. The van der Waals surface area contributed by atoms with Crippen molar-refractivity contribution in [2.45, 2.75) is 18.8 Å². The molecular weight excluding hydrogens is 412 g/mol. The molecule has 1 aromatic carbocycles. The van der Waals surface area contributed by atoms with E-state index in [4.69, 9.17) is 11.6 Å². The molecule has 0 unspecified atom stereocenters. The number of aryl methyl sites for hydroxylation is 2. The zero-order valence-corrected chi connectivity index (χ0v) is 18.0. The minimum Gasteiger partial charge on any atom is -0.319 e. The van der Waals surface area contributed by atoms with Gasteiger partial charge in [-0.05, 0) is 47.6 Å². The highest BCUT2D eigenvalue weighted by molar-refractivity contribution is 6.33. The minimum atomic E-state index is -0.146. The molecule has 0 atom stereocenters. The highest BCUT2D eigenvalue weighted by Gasteiger charge is 2.27. The van der Waals surface area contributed by atoms with Crippen molar-refractivity contribution >= 4 is 11.6 Å². The van der Waals surface area contributed by atoms with E-state index in [0.29, 0.717) is 17.0 Å². The van der Waals surface area contributed by atoms with Crippen LogP contribution in [-0.4, -0.2) is 18.9 Å². The lowest BCUT2D eigenvalue weighted by molar-refractivity contribution is 0.857. The third-order valence-corrected chi connectivity index (χ3v) is 6.22. The molecule has 0 saturated heterocycles. The van der Waals surface area contributed by atoms with Crippen molar-refractivity contribution in [1.82, 2.24) is 18.9 Å². The molecule has 0 spiro atoms. The molecule has 0 radical (unpaired) electrons. The Morgan fingerprint density at radius 3 is 2.45 bits per heavy atom. The number of rotatable bonds is 4. The van der Waals surface area contributed by atoms with E-state index >= 15 is 0 Å². The summed E-state index contributed by atoms with van der Waals surface area (Å²) in [6, 6.07) is 11.0. The molecule has 6 nitrogen and oxygen atoms in total. The molecule has 0 amide bonds. The van der Waals surface area contributed by atoms with Crippen molar-refractivity contribution in [2.24, 2.45) is 14.1 Å². The number of halogens is 1. The maximum Gasteiger partial charge on any atom is 0.250 e. The Morgan fingerprint density at radius 2 is 1.71 bits per heavy atom. The monoisotopic (exact) mass is 432 g/mol. The van der Waals surface area contributed by atoms with Gasteiger partial charge < -0.3 is 9.13 Å². The Balaban J connectivity index is 1.64. The lowest BCUT2D eigenvalue weighted by Crippen LogP contribution is -2.17. The smallest absolute Gasteiger partial charge is 0.250 e. The first-order valence-electron chi connectivity index (χ1n) is 10.1. The molecule has 3 aromatic heterocycles. The summed E-state index contributed by atoms with van der Waals surface area (Å²) in [5, 5.41) is 5.27. The molecule has 7 heteroatoms. The van der Waals surface area contributed by atoms with E-state index in [0.717, 1.165) is 21.8 Å². The number of hydrogen-bond acceptors (Lipinski definition) is 3. The van der Waals surface area contributed by atoms with Crippen LogP contribution in [0.15, 0.2) is 70.8 Å². The summed E-state index contributed by atoms with van der Waals surface area (Å²) in [6.07, 6.45) is 9.48. The third-order valence-electron chi connectivity index (χ3n) is 5.81. The average molecular weight is 433 g/mol. The fourth-order valence-corrected chi connectivity index (χ4v) is 4.20. The Bertz CT molecular complexity index is 1430. The van der Waals surface area contributed by atoms with Crippen molar-refractivity contribution in [3.63, 3.8) is 0 Å². The first kappa shape index (κ1) is 19.6. The molecule has 156 valence electrons. The Hall–Kier alpha value is -3.38. The van der Waals surface area contributed by atoms with Gasteiger partial charge in [-0.1, -0.05) is 23.7 Å². The molecule has 1 aliphatic carbocycles. The molecule has 4 aromatic rings. The average Bonchev–Trinajstić information content (AvgIpc) is 3.48. The first-order valence-corrected chi connectivity index (χ1v) is 10.5. The van der Waals surface area contributed by atoms with Crippen LogP contribution in [0, 0.1) is 0 Å². The SMILES string of the molecule is Cn1ccc(-c2cc(=O)n(C)cc2-c2cnn(-c3cccc(C4CC4)c3Cl)c2)cc1=O. The lowest BCUT2D eigenvalue weighted by Gasteiger charge is -2.11. The second kappa shape index (κ2) is 7.39. The molecule has 0 bridgehead atoms. The van der Waals surface area contributed by atoms with Gasteiger partial charge in [-0.2, -0.15) is 5.10 Å². The summed E-state index contributed by atoms with van der Waals surface area (Å²) in [5.74, 6) is 0.540. The minimum absolute atomic E-state index is 0.136. The molecule has 1 fully saturated rings. The number of nitrogens with zero attached hydrogens (tertiary/aromatic N) is 4. The van der Waals surface area contributed by atoms with E-state index in [2.05, 4.69) is 11.2 Å². The van der Waals surface area contributed by atoms with E-state index in [1.54, 1.807) is 49.5 Å². The van der Waals surface area contributed by atoms with E-state index in [1.807, 2.05) is 24.4 Å². The largest absolute Gasteiger partial charge is 0.319 e. The van der Waals surface area contributed by atoms with E-state index < -0.39 is 0 Å².